The first-order valence-electron chi connectivity index (χ1n) is 11.0. The predicted molar refractivity (Wildman–Crippen MR) is 108 cm³/mol. The van der Waals surface area contributed by atoms with E-state index in [1.165, 1.54) is 64.2 Å². The molecule has 0 fully saturated rings. The Balaban J connectivity index is 0. The molecule has 0 atom stereocenters. The summed E-state index contributed by atoms with van der Waals surface area (Å²) in [6.45, 7) is 2.41. The molecule has 0 saturated carbocycles. The Kier molecular flexibility index (Phi) is 32.5. The first-order chi connectivity index (χ1) is 14.8. The van der Waals surface area contributed by atoms with E-state index in [4.69, 9.17) is 28.4 Å². The van der Waals surface area contributed by atoms with Crippen molar-refractivity contribution >= 4 is 5.97 Å². The molecule has 0 rings (SSSR count). The predicted octanol–water partition coefficient (Wildman–Crippen LogP) is -0.0875. The van der Waals surface area contributed by atoms with Crippen molar-refractivity contribution in [2.24, 2.45) is 0 Å². The van der Waals surface area contributed by atoms with E-state index in [9.17, 15) is 9.90 Å². The molecular weight excluding hydrogens is 419 g/mol. The summed E-state index contributed by atoms with van der Waals surface area (Å²) in [6, 6.07) is 0. The number of ether oxygens (including phenoxy) is 7. The molecule has 31 heavy (non-hydrogen) atoms. The Hall–Kier alpha value is 0.190. The minimum atomic E-state index is -1.30. The van der Waals surface area contributed by atoms with Gasteiger partial charge in [0.05, 0.1) is 12.6 Å². The van der Waals surface area contributed by atoms with E-state index in [2.05, 4.69) is 11.7 Å². The number of hydrogen-bond donors (Lipinski definition) is 0. The average molecular weight is 461 g/mol. The van der Waals surface area contributed by atoms with Crippen LogP contribution >= 0.6 is 0 Å². The van der Waals surface area contributed by atoms with Gasteiger partial charge in [-0.15, -0.1) is 0 Å². The van der Waals surface area contributed by atoms with E-state index >= 15 is 0 Å². The zero-order chi connectivity index (χ0) is 22.0. The number of rotatable bonds is 26. The van der Waals surface area contributed by atoms with Crippen LogP contribution in [0.1, 0.15) is 77.6 Å². The first-order valence-corrected chi connectivity index (χ1v) is 11.0. The van der Waals surface area contributed by atoms with Crippen molar-refractivity contribution in [3.05, 3.63) is 0 Å². The van der Waals surface area contributed by atoms with Crippen molar-refractivity contribution in [3.8, 4) is 0 Å². The first kappa shape index (κ1) is 33.4. The maximum absolute atomic E-state index is 10.1. The number of hydrogen-bond acceptors (Lipinski definition) is 9. The molecular formula is C21H41NaO9. The third kappa shape index (κ3) is 32.5. The minimum Gasteiger partial charge on any atom is -0.548 e. The zero-order valence-electron chi connectivity index (χ0n) is 19.6. The zero-order valence-corrected chi connectivity index (χ0v) is 21.6. The molecule has 0 aliphatic rings. The molecule has 0 aromatic rings. The molecule has 0 radical (unpaired) electrons. The van der Waals surface area contributed by atoms with Crippen LogP contribution in [0.2, 0.25) is 0 Å². The van der Waals surface area contributed by atoms with Gasteiger partial charge in [-0.05, 0) is 6.42 Å². The normalized spacial score (nSPS) is 10.9. The molecule has 9 nitrogen and oxygen atoms in total. The molecule has 0 heterocycles. The molecule has 0 saturated heterocycles. The van der Waals surface area contributed by atoms with Crippen LogP contribution in [0.3, 0.4) is 0 Å². The number of carbonyl (C=O) groups excluding carboxylic acids is 1. The fourth-order valence-electron chi connectivity index (χ4n) is 2.58. The third-order valence-corrected chi connectivity index (χ3v) is 4.11. The number of carboxylic acid groups (broad SMARTS) is 1. The van der Waals surface area contributed by atoms with Crippen LogP contribution in [0, 0.1) is 0 Å². The standard InChI is InChI=1S/C21H42O9.Na/c1-2-3-4-5-6-7-8-9-10-11-12-13-24-15-26-17-28-19-30-20-29-18-27-16-25-14-21(22)23;/h2-20H2,1H3,(H,22,23);/q;+1/p-1. The van der Waals surface area contributed by atoms with Crippen LogP contribution in [0.5, 0.6) is 0 Å². The quantitative estimate of drug-likeness (QED) is 0.0995. The maximum atomic E-state index is 10.1. The monoisotopic (exact) mass is 460 g/mol. The molecule has 0 aliphatic heterocycles. The van der Waals surface area contributed by atoms with E-state index in [0.29, 0.717) is 6.61 Å². The van der Waals surface area contributed by atoms with E-state index < -0.39 is 12.6 Å². The molecule has 0 unspecified atom stereocenters. The van der Waals surface area contributed by atoms with Gasteiger partial charge in [0.1, 0.15) is 13.6 Å². The Labute approximate surface area is 209 Å². The smallest absolute Gasteiger partial charge is 0.548 e. The maximum Gasteiger partial charge on any atom is 1.00 e. The van der Waals surface area contributed by atoms with Gasteiger partial charge in [0.2, 0.25) is 0 Å². The number of aliphatic carboxylic acids is 1. The van der Waals surface area contributed by atoms with Crippen LogP contribution in [-0.2, 0) is 38.0 Å². The summed E-state index contributed by atoms with van der Waals surface area (Å²) in [7, 11) is 0. The summed E-state index contributed by atoms with van der Waals surface area (Å²) >= 11 is 0. The Morgan fingerprint density at radius 3 is 1.32 bits per heavy atom. The Morgan fingerprint density at radius 1 is 0.548 bits per heavy atom. The molecule has 10 heteroatoms. The van der Waals surface area contributed by atoms with Gasteiger partial charge in [-0.25, -0.2) is 0 Å². The molecule has 0 amide bonds. The molecule has 0 aliphatic carbocycles. The molecule has 0 aromatic carbocycles. The van der Waals surface area contributed by atoms with Crippen molar-refractivity contribution in [2.45, 2.75) is 77.6 Å². The van der Waals surface area contributed by atoms with Crippen LogP contribution in [-0.4, -0.2) is 59.9 Å². The molecule has 0 bridgehead atoms. The number of unbranched alkanes of at least 4 members (excludes halogenated alkanes) is 10. The topological polar surface area (TPSA) is 105 Å². The molecule has 0 N–H and O–H groups in total. The second kappa shape index (κ2) is 30.2. The van der Waals surface area contributed by atoms with Crippen LogP contribution in [0.25, 0.3) is 0 Å². The third-order valence-electron chi connectivity index (χ3n) is 4.11. The van der Waals surface area contributed by atoms with Gasteiger partial charge in [-0.1, -0.05) is 71.1 Å². The van der Waals surface area contributed by atoms with Crippen molar-refractivity contribution < 1.29 is 72.6 Å². The Bertz CT molecular complexity index is 349. The summed E-state index contributed by atoms with van der Waals surface area (Å²) in [6.07, 6.45) is 14.5. The number of carboxylic acids is 1. The van der Waals surface area contributed by atoms with Gasteiger partial charge in [0, 0.05) is 6.61 Å². The molecule has 0 aromatic heterocycles. The van der Waals surface area contributed by atoms with Crippen molar-refractivity contribution in [1.82, 2.24) is 0 Å². The van der Waals surface area contributed by atoms with Gasteiger partial charge in [0.25, 0.3) is 0 Å². The van der Waals surface area contributed by atoms with Crippen LogP contribution < -0.4 is 34.7 Å². The van der Waals surface area contributed by atoms with E-state index in [1.54, 1.807) is 0 Å². The van der Waals surface area contributed by atoms with E-state index in [1.807, 2.05) is 0 Å². The second-order valence-corrected chi connectivity index (χ2v) is 6.89. The SMILES string of the molecule is CCCCCCCCCCCCCOCOCOCOCOCOCOCC(=O)[O-].[Na+]. The van der Waals surface area contributed by atoms with Gasteiger partial charge in [0.15, 0.2) is 27.2 Å². The summed E-state index contributed by atoms with van der Waals surface area (Å²) < 4.78 is 35.0. The second-order valence-electron chi connectivity index (χ2n) is 6.89. The molecule has 0 spiro atoms. The summed E-state index contributed by atoms with van der Waals surface area (Å²) in [5, 5.41) is 10.1. The molecule has 180 valence electrons. The number of carbonyl (C=O) groups is 1. The summed E-state index contributed by atoms with van der Waals surface area (Å²) in [5.74, 6) is -1.30. The van der Waals surface area contributed by atoms with E-state index in [-0.39, 0.29) is 70.3 Å². The summed E-state index contributed by atoms with van der Waals surface area (Å²) in [4.78, 5) is 10.1. The van der Waals surface area contributed by atoms with Gasteiger partial charge in [-0.2, -0.15) is 0 Å². The van der Waals surface area contributed by atoms with Crippen LogP contribution in [0.4, 0.5) is 0 Å². The van der Waals surface area contributed by atoms with Crippen molar-refractivity contribution in [1.29, 1.82) is 0 Å². The minimum absolute atomic E-state index is 0. The van der Waals surface area contributed by atoms with Gasteiger partial charge >= 0.3 is 29.6 Å². The fourth-order valence-corrected chi connectivity index (χ4v) is 2.58. The van der Waals surface area contributed by atoms with E-state index in [0.717, 1.165) is 6.42 Å². The van der Waals surface area contributed by atoms with Crippen molar-refractivity contribution in [3.63, 3.8) is 0 Å². The Morgan fingerprint density at radius 2 is 0.903 bits per heavy atom. The fraction of sp³-hybridized carbons (Fsp3) is 0.952. The summed E-state index contributed by atoms with van der Waals surface area (Å²) in [5.41, 5.74) is 0. The van der Waals surface area contributed by atoms with Crippen molar-refractivity contribution in [2.75, 3.05) is 54.0 Å². The van der Waals surface area contributed by atoms with Crippen LogP contribution in [0.15, 0.2) is 0 Å². The van der Waals surface area contributed by atoms with Gasteiger partial charge < -0.3 is 43.1 Å². The van der Waals surface area contributed by atoms with Gasteiger partial charge in [-0.3, -0.25) is 0 Å². The largest absolute Gasteiger partial charge is 1.00 e. The average Bonchev–Trinajstić information content (AvgIpc) is 2.73.